The van der Waals surface area contributed by atoms with Gasteiger partial charge in [0.15, 0.2) is 0 Å². The Labute approximate surface area is 121 Å². The maximum Gasteiger partial charge on any atom is 0.329 e. The first-order valence-electron chi connectivity index (χ1n) is 6.23. The van der Waals surface area contributed by atoms with Crippen LogP contribution in [0, 0.1) is 0 Å². The summed E-state index contributed by atoms with van der Waals surface area (Å²) in [6.07, 6.45) is 2.23. The molecule has 2 N–H and O–H groups in total. The molecule has 1 heterocycles. The SMILES string of the molecule is CN(CCc1ccccn1)C(=O)NC(=O)COCC(=O)O. The molecular formula is C13H17N3O5. The van der Waals surface area contributed by atoms with E-state index in [2.05, 4.69) is 15.0 Å². The minimum Gasteiger partial charge on any atom is -0.480 e. The highest BCUT2D eigenvalue weighted by Crippen LogP contribution is 1.96. The summed E-state index contributed by atoms with van der Waals surface area (Å²) in [5.41, 5.74) is 0.841. The molecule has 1 aromatic heterocycles. The molecule has 21 heavy (non-hydrogen) atoms. The number of carboxylic acid groups (broad SMARTS) is 1. The highest BCUT2D eigenvalue weighted by Gasteiger charge is 2.13. The number of carbonyl (C=O) groups is 3. The Balaban J connectivity index is 2.27. The third-order valence-electron chi connectivity index (χ3n) is 2.48. The molecule has 0 aromatic carbocycles. The minimum absolute atomic E-state index is 0.395. The zero-order valence-corrected chi connectivity index (χ0v) is 11.6. The zero-order chi connectivity index (χ0) is 15.7. The van der Waals surface area contributed by atoms with Crippen molar-refractivity contribution in [3.05, 3.63) is 30.1 Å². The number of nitrogens with one attached hydrogen (secondary N) is 1. The molecule has 0 spiro atoms. The second-order valence-electron chi connectivity index (χ2n) is 4.23. The first-order chi connectivity index (χ1) is 9.99. The molecule has 0 fully saturated rings. The minimum atomic E-state index is -1.18. The van der Waals surface area contributed by atoms with Crippen LogP contribution in [0.15, 0.2) is 24.4 Å². The summed E-state index contributed by atoms with van der Waals surface area (Å²) in [5, 5.41) is 10.4. The van der Waals surface area contributed by atoms with Crippen LogP contribution in [0.4, 0.5) is 4.79 Å². The second kappa shape index (κ2) is 8.64. The summed E-state index contributed by atoms with van der Waals surface area (Å²) in [7, 11) is 1.55. The average molecular weight is 295 g/mol. The van der Waals surface area contributed by atoms with Crippen LogP contribution in [0.1, 0.15) is 5.69 Å². The number of aromatic nitrogens is 1. The molecule has 8 nitrogen and oxygen atoms in total. The summed E-state index contributed by atoms with van der Waals surface area (Å²) >= 11 is 0. The lowest BCUT2D eigenvalue weighted by Crippen LogP contribution is -2.43. The van der Waals surface area contributed by atoms with E-state index >= 15 is 0 Å². The van der Waals surface area contributed by atoms with Crippen molar-refractivity contribution in [2.24, 2.45) is 0 Å². The number of hydrogen-bond acceptors (Lipinski definition) is 5. The number of likely N-dealkylation sites (N-methyl/N-ethyl adjacent to an activating group) is 1. The van der Waals surface area contributed by atoms with Gasteiger partial charge in [-0.15, -0.1) is 0 Å². The quantitative estimate of drug-likeness (QED) is 0.726. The third-order valence-corrected chi connectivity index (χ3v) is 2.48. The third kappa shape index (κ3) is 7.02. The first kappa shape index (κ1) is 16.6. The van der Waals surface area contributed by atoms with Crippen LogP contribution in [0.2, 0.25) is 0 Å². The van der Waals surface area contributed by atoms with Crippen LogP contribution in [-0.4, -0.2) is 59.7 Å². The van der Waals surface area contributed by atoms with Gasteiger partial charge in [0.1, 0.15) is 13.2 Å². The van der Waals surface area contributed by atoms with Crippen LogP contribution in [0.3, 0.4) is 0 Å². The first-order valence-corrected chi connectivity index (χ1v) is 6.23. The van der Waals surface area contributed by atoms with E-state index < -0.39 is 31.1 Å². The number of amides is 3. The molecule has 0 aliphatic carbocycles. The predicted octanol–water partition coefficient (Wildman–Crippen LogP) is -0.107. The number of hydrogen-bond donors (Lipinski definition) is 2. The summed E-state index contributed by atoms with van der Waals surface area (Å²) in [6.45, 7) is -0.671. The average Bonchev–Trinajstić information content (AvgIpc) is 2.45. The Kier molecular flexibility index (Phi) is 6.82. The molecule has 0 bridgehead atoms. The van der Waals surface area contributed by atoms with E-state index in [9.17, 15) is 14.4 Å². The van der Waals surface area contributed by atoms with Gasteiger partial charge in [0.2, 0.25) is 0 Å². The van der Waals surface area contributed by atoms with Crippen molar-refractivity contribution < 1.29 is 24.2 Å². The van der Waals surface area contributed by atoms with Crippen molar-refractivity contribution in [1.82, 2.24) is 15.2 Å². The standard InChI is InChI=1S/C13H17N3O5/c1-16(7-5-10-4-2-3-6-14-10)13(20)15-11(17)8-21-9-12(18)19/h2-4,6H,5,7-9H2,1H3,(H,18,19)(H,15,17,20). The van der Waals surface area contributed by atoms with Gasteiger partial charge in [-0.1, -0.05) is 6.07 Å². The van der Waals surface area contributed by atoms with Gasteiger partial charge in [-0.25, -0.2) is 9.59 Å². The van der Waals surface area contributed by atoms with Crippen LogP contribution >= 0.6 is 0 Å². The number of pyridine rings is 1. The summed E-state index contributed by atoms with van der Waals surface area (Å²) in [4.78, 5) is 38.7. The smallest absolute Gasteiger partial charge is 0.329 e. The Bertz CT molecular complexity index is 492. The molecule has 0 aliphatic heterocycles. The molecule has 3 amide bonds. The molecule has 1 aromatic rings. The number of carboxylic acids is 1. The highest BCUT2D eigenvalue weighted by atomic mass is 16.5. The highest BCUT2D eigenvalue weighted by molar-refractivity contribution is 5.94. The van der Waals surface area contributed by atoms with Crippen molar-refractivity contribution in [3.8, 4) is 0 Å². The van der Waals surface area contributed by atoms with Crippen molar-refractivity contribution >= 4 is 17.9 Å². The van der Waals surface area contributed by atoms with Crippen molar-refractivity contribution in [2.75, 3.05) is 26.8 Å². The largest absolute Gasteiger partial charge is 0.480 e. The lowest BCUT2D eigenvalue weighted by Gasteiger charge is -2.16. The van der Waals surface area contributed by atoms with Gasteiger partial charge in [-0.2, -0.15) is 0 Å². The number of aliphatic carboxylic acids is 1. The molecule has 8 heteroatoms. The van der Waals surface area contributed by atoms with Gasteiger partial charge >= 0.3 is 12.0 Å². The lowest BCUT2D eigenvalue weighted by molar-refractivity contribution is -0.143. The van der Waals surface area contributed by atoms with Crippen LogP contribution in [0.25, 0.3) is 0 Å². The zero-order valence-electron chi connectivity index (χ0n) is 11.6. The van der Waals surface area contributed by atoms with E-state index in [4.69, 9.17) is 5.11 Å². The number of ether oxygens (including phenoxy) is 1. The van der Waals surface area contributed by atoms with Gasteiger partial charge in [-0.05, 0) is 12.1 Å². The van der Waals surface area contributed by atoms with Crippen molar-refractivity contribution in [3.63, 3.8) is 0 Å². The van der Waals surface area contributed by atoms with Crippen molar-refractivity contribution in [2.45, 2.75) is 6.42 Å². The van der Waals surface area contributed by atoms with E-state index in [1.165, 1.54) is 4.90 Å². The monoisotopic (exact) mass is 295 g/mol. The molecular weight excluding hydrogens is 278 g/mol. The topological polar surface area (TPSA) is 109 Å². The van der Waals surface area contributed by atoms with Gasteiger partial charge in [0.05, 0.1) is 0 Å². The van der Waals surface area contributed by atoms with E-state index in [1.807, 2.05) is 12.1 Å². The number of urea groups is 1. The fraction of sp³-hybridized carbons (Fsp3) is 0.385. The molecule has 0 radical (unpaired) electrons. The van der Waals surface area contributed by atoms with E-state index in [1.54, 1.807) is 19.3 Å². The van der Waals surface area contributed by atoms with Gasteiger partial charge in [0.25, 0.3) is 5.91 Å². The normalized spacial score (nSPS) is 9.95. The Hall–Kier alpha value is -2.48. The Morgan fingerprint density at radius 1 is 1.33 bits per heavy atom. The maximum absolute atomic E-state index is 11.7. The Morgan fingerprint density at radius 3 is 2.71 bits per heavy atom. The molecule has 0 atom stereocenters. The van der Waals surface area contributed by atoms with Crippen molar-refractivity contribution in [1.29, 1.82) is 0 Å². The van der Waals surface area contributed by atoms with E-state index in [0.29, 0.717) is 13.0 Å². The van der Waals surface area contributed by atoms with Crippen LogP contribution < -0.4 is 5.32 Å². The number of imide groups is 1. The summed E-state index contributed by atoms with van der Waals surface area (Å²) in [6, 6.07) is 4.92. The van der Waals surface area contributed by atoms with Gasteiger partial charge < -0.3 is 14.7 Å². The Morgan fingerprint density at radius 2 is 2.10 bits per heavy atom. The number of carbonyl (C=O) groups excluding carboxylic acids is 2. The van der Waals surface area contributed by atoms with Gasteiger partial charge in [0, 0.05) is 31.9 Å². The fourth-order valence-electron chi connectivity index (χ4n) is 1.41. The van der Waals surface area contributed by atoms with Crippen LogP contribution in [0.5, 0.6) is 0 Å². The number of rotatable bonds is 7. The molecule has 1 rings (SSSR count). The number of nitrogens with zero attached hydrogens (tertiary/aromatic N) is 2. The van der Waals surface area contributed by atoms with Crippen LogP contribution in [-0.2, 0) is 20.7 Å². The molecule has 0 unspecified atom stereocenters. The lowest BCUT2D eigenvalue weighted by atomic mass is 10.2. The predicted molar refractivity (Wildman–Crippen MR) is 72.6 cm³/mol. The maximum atomic E-state index is 11.7. The molecule has 0 saturated carbocycles. The molecule has 0 aliphatic rings. The van der Waals surface area contributed by atoms with E-state index in [0.717, 1.165) is 5.69 Å². The molecule has 0 saturated heterocycles. The summed E-state index contributed by atoms with van der Waals surface area (Å²) < 4.78 is 4.57. The van der Waals surface area contributed by atoms with E-state index in [-0.39, 0.29) is 0 Å². The molecule has 114 valence electrons. The second-order valence-corrected chi connectivity index (χ2v) is 4.23. The summed E-state index contributed by atoms with van der Waals surface area (Å²) in [5.74, 6) is -1.87. The fourth-order valence-corrected chi connectivity index (χ4v) is 1.41. The van der Waals surface area contributed by atoms with Gasteiger partial charge in [-0.3, -0.25) is 15.1 Å².